The van der Waals surface area contributed by atoms with Gasteiger partial charge < -0.3 is 10.1 Å². The van der Waals surface area contributed by atoms with E-state index in [2.05, 4.69) is 23.5 Å². The van der Waals surface area contributed by atoms with Gasteiger partial charge in [0.1, 0.15) is 0 Å². The highest BCUT2D eigenvalue weighted by Gasteiger charge is 2.65. The standard InChI is InChI=1S/C23H30N2O2S/c1-27-18-9-11-22(12-10-18)14-17-8-7-16(6-5-15-3-4-15)13-19(17)23(22)20(26)24-21(25-23)28-2/h7-8,13,15,18H,3-6,9-12,14H2,1-2H3,(H,24,25,26). The van der Waals surface area contributed by atoms with E-state index < -0.39 is 5.54 Å². The lowest BCUT2D eigenvalue weighted by molar-refractivity contribution is -0.130. The number of nitrogens with zero attached hydrogens (tertiary/aromatic N) is 1. The number of aliphatic imine (C=N–C) groups is 1. The number of benzene rings is 1. The number of amides is 1. The zero-order valence-electron chi connectivity index (χ0n) is 16.9. The quantitative estimate of drug-likeness (QED) is 0.827. The third-order valence-corrected chi connectivity index (χ3v) is 8.21. The Hall–Kier alpha value is -1.33. The van der Waals surface area contributed by atoms with Crippen LogP contribution in [0.15, 0.2) is 23.2 Å². The van der Waals surface area contributed by atoms with Crippen LogP contribution in [0.1, 0.15) is 61.6 Å². The maximum atomic E-state index is 13.5. The first-order valence-electron chi connectivity index (χ1n) is 10.7. The molecule has 0 aromatic heterocycles. The Morgan fingerprint density at radius 3 is 2.68 bits per heavy atom. The lowest BCUT2D eigenvalue weighted by Gasteiger charge is -2.44. The minimum absolute atomic E-state index is 0.0887. The summed E-state index contributed by atoms with van der Waals surface area (Å²) in [6.45, 7) is 0. The van der Waals surface area contributed by atoms with Crippen LogP contribution in [0, 0.1) is 11.3 Å². The van der Waals surface area contributed by atoms with Crippen molar-refractivity contribution in [3.63, 3.8) is 0 Å². The van der Waals surface area contributed by atoms with Gasteiger partial charge in [-0.3, -0.25) is 4.79 Å². The molecule has 1 aromatic rings. The lowest BCUT2D eigenvalue weighted by Crippen LogP contribution is -2.50. The number of fused-ring (bicyclic) bond motifs is 3. The first-order chi connectivity index (χ1) is 13.6. The van der Waals surface area contributed by atoms with E-state index in [1.807, 2.05) is 6.26 Å². The van der Waals surface area contributed by atoms with Crippen LogP contribution in [-0.2, 0) is 27.9 Å². The molecule has 1 heterocycles. The van der Waals surface area contributed by atoms with Crippen LogP contribution < -0.4 is 5.32 Å². The van der Waals surface area contributed by atoms with E-state index in [1.165, 1.54) is 36.0 Å². The Kier molecular flexibility index (Phi) is 4.59. The predicted octanol–water partition coefficient (Wildman–Crippen LogP) is 4.20. The highest BCUT2D eigenvalue weighted by Crippen LogP contribution is 2.61. The van der Waals surface area contributed by atoms with Gasteiger partial charge in [-0.15, -0.1) is 0 Å². The molecule has 0 radical (unpaired) electrons. The van der Waals surface area contributed by atoms with Crippen molar-refractivity contribution in [2.75, 3.05) is 13.4 Å². The Morgan fingerprint density at radius 2 is 2.04 bits per heavy atom. The number of hydrogen-bond acceptors (Lipinski definition) is 4. The smallest absolute Gasteiger partial charge is 0.259 e. The van der Waals surface area contributed by atoms with E-state index in [0.29, 0.717) is 6.10 Å². The molecule has 1 aliphatic heterocycles. The number of methoxy groups -OCH3 is 1. The van der Waals surface area contributed by atoms with Crippen LogP contribution in [0.5, 0.6) is 0 Å². The van der Waals surface area contributed by atoms with Crippen molar-refractivity contribution in [1.29, 1.82) is 0 Å². The van der Waals surface area contributed by atoms with E-state index in [4.69, 9.17) is 9.73 Å². The zero-order valence-corrected chi connectivity index (χ0v) is 17.7. The van der Waals surface area contributed by atoms with Crippen molar-refractivity contribution in [3.05, 3.63) is 34.9 Å². The monoisotopic (exact) mass is 398 g/mol. The molecule has 0 saturated heterocycles. The molecule has 4 nitrogen and oxygen atoms in total. The Morgan fingerprint density at radius 1 is 1.25 bits per heavy atom. The largest absolute Gasteiger partial charge is 0.381 e. The van der Waals surface area contributed by atoms with E-state index in [1.54, 1.807) is 18.9 Å². The molecule has 3 aliphatic carbocycles. The summed E-state index contributed by atoms with van der Waals surface area (Å²) in [5.74, 6) is 1.01. The molecule has 28 heavy (non-hydrogen) atoms. The van der Waals surface area contributed by atoms with Gasteiger partial charge in [0.2, 0.25) is 0 Å². The summed E-state index contributed by atoms with van der Waals surface area (Å²) in [5.41, 5.74) is 3.02. The molecule has 5 heteroatoms. The molecular weight excluding hydrogens is 368 g/mol. The van der Waals surface area contributed by atoms with E-state index in [9.17, 15) is 4.79 Å². The summed E-state index contributed by atoms with van der Waals surface area (Å²) in [6.07, 6.45) is 12.5. The molecule has 150 valence electrons. The van der Waals surface area contributed by atoms with Gasteiger partial charge in [0.25, 0.3) is 5.91 Å². The van der Waals surface area contributed by atoms with E-state index in [0.717, 1.165) is 49.6 Å². The summed E-state index contributed by atoms with van der Waals surface area (Å²) >= 11 is 1.54. The van der Waals surface area contributed by atoms with Crippen molar-refractivity contribution < 1.29 is 9.53 Å². The number of rotatable bonds is 4. The maximum Gasteiger partial charge on any atom is 0.259 e. The summed E-state index contributed by atoms with van der Waals surface area (Å²) in [5, 5.41) is 3.87. The van der Waals surface area contributed by atoms with Crippen LogP contribution in [0.4, 0.5) is 0 Å². The molecule has 1 N–H and O–H groups in total. The van der Waals surface area contributed by atoms with Crippen molar-refractivity contribution in [1.82, 2.24) is 5.32 Å². The fourth-order valence-electron chi connectivity index (χ4n) is 5.80. The van der Waals surface area contributed by atoms with Gasteiger partial charge in [-0.2, -0.15) is 0 Å². The molecule has 5 rings (SSSR count). The molecular formula is C23H30N2O2S. The highest BCUT2D eigenvalue weighted by molar-refractivity contribution is 8.13. The molecule has 2 spiro atoms. The number of thioether (sulfide) groups is 1. The minimum atomic E-state index is -0.741. The average Bonchev–Trinajstić information content (AvgIpc) is 3.43. The predicted molar refractivity (Wildman–Crippen MR) is 114 cm³/mol. The van der Waals surface area contributed by atoms with Crippen LogP contribution in [-0.4, -0.2) is 30.5 Å². The van der Waals surface area contributed by atoms with Crippen molar-refractivity contribution in [3.8, 4) is 0 Å². The molecule has 1 aromatic carbocycles. The number of aryl methyl sites for hydroxylation is 1. The number of hydrogen-bond donors (Lipinski definition) is 1. The summed E-state index contributed by atoms with van der Waals surface area (Å²) in [6, 6.07) is 6.90. The topological polar surface area (TPSA) is 50.7 Å². The summed E-state index contributed by atoms with van der Waals surface area (Å²) < 4.78 is 5.63. The highest BCUT2D eigenvalue weighted by atomic mass is 32.2. The molecule has 2 fully saturated rings. The fourth-order valence-corrected chi connectivity index (χ4v) is 6.22. The minimum Gasteiger partial charge on any atom is -0.381 e. The second-order valence-corrected chi connectivity index (χ2v) is 9.95. The average molecular weight is 399 g/mol. The number of nitrogens with one attached hydrogen (secondary N) is 1. The molecule has 1 unspecified atom stereocenters. The van der Waals surface area contributed by atoms with Crippen molar-refractivity contribution >= 4 is 22.8 Å². The number of carbonyl (C=O) groups excluding carboxylic acids is 1. The van der Waals surface area contributed by atoms with Crippen LogP contribution >= 0.6 is 11.8 Å². The number of amidine groups is 1. The van der Waals surface area contributed by atoms with Gasteiger partial charge in [-0.05, 0) is 73.8 Å². The normalized spacial score (nSPS) is 34.0. The van der Waals surface area contributed by atoms with Gasteiger partial charge in [0, 0.05) is 12.5 Å². The van der Waals surface area contributed by atoms with E-state index >= 15 is 0 Å². The second-order valence-electron chi connectivity index (χ2n) is 9.15. The third kappa shape index (κ3) is 2.77. The van der Waals surface area contributed by atoms with Crippen LogP contribution in [0.3, 0.4) is 0 Å². The Balaban J connectivity index is 1.56. The molecule has 1 atom stereocenters. The van der Waals surface area contributed by atoms with Gasteiger partial charge in [-0.25, -0.2) is 4.99 Å². The zero-order chi connectivity index (χ0) is 19.4. The molecule has 1 amide bonds. The van der Waals surface area contributed by atoms with Crippen molar-refractivity contribution in [2.45, 2.75) is 69.4 Å². The summed E-state index contributed by atoms with van der Waals surface area (Å²) in [7, 11) is 1.81. The van der Waals surface area contributed by atoms with Crippen LogP contribution in [0.2, 0.25) is 0 Å². The first kappa shape index (κ1) is 18.7. The molecule has 4 aliphatic rings. The lowest BCUT2D eigenvalue weighted by atomic mass is 9.61. The number of carbonyl (C=O) groups is 1. The Labute approximate surface area is 171 Å². The number of ether oxygens (including phenoxy) is 1. The van der Waals surface area contributed by atoms with Gasteiger partial charge in [0.05, 0.1) is 6.10 Å². The van der Waals surface area contributed by atoms with Crippen molar-refractivity contribution in [2.24, 2.45) is 16.3 Å². The summed E-state index contributed by atoms with van der Waals surface area (Å²) in [4.78, 5) is 18.6. The van der Waals surface area contributed by atoms with Gasteiger partial charge in [-0.1, -0.05) is 42.8 Å². The first-order valence-corrected chi connectivity index (χ1v) is 11.9. The van der Waals surface area contributed by atoms with Gasteiger partial charge in [0.15, 0.2) is 10.7 Å². The van der Waals surface area contributed by atoms with Crippen LogP contribution in [0.25, 0.3) is 0 Å². The molecule has 2 saturated carbocycles. The Bertz CT molecular complexity index is 824. The fraction of sp³-hybridized carbons (Fsp3) is 0.652. The molecule has 0 bridgehead atoms. The van der Waals surface area contributed by atoms with Gasteiger partial charge >= 0.3 is 0 Å². The second kappa shape index (κ2) is 6.88. The third-order valence-electron chi connectivity index (χ3n) is 7.63. The SMILES string of the molecule is COC1CCC2(CC1)Cc1ccc(CCC3CC3)cc1C21N=C(SC)NC1=O. The van der Waals surface area contributed by atoms with E-state index in [-0.39, 0.29) is 11.3 Å². The maximum absolute atomic E-state index is 13.5.